The number of hydrogen-bond acceptors (Lipinski definition) is 4. The van der Waals surface area contributed by atoms with Crippen molar-refractivity contribution >= 4 is 5.97 Å². The van der Waals surface area contributed by atoms with Crippen molar-refractivity contribution in [2.75, 3.05) is 13.7 Å². The quantitative estimate of drug-likeness (QED) is 0.858. The summed E-state index contributed by atoms with van der Waals surface area (Å²) in [4.78, 5) is 14.4. The van der Waals surface area contributed by atoms with Gasteiger partial charge in [0.2, 0.25) is 0 Å². The van der Waals surface area contributed by atoms with Crippen LogP contribution in [0.5, 0.6) is 0 Å². The molecule has 2 aliphatic heterocycles. The molecule has 2 saturated heterocycles. The highest BCUT2D eigenvalue weighted by molar-refractivity contribution is 5.72. The molecule has 21 heavy (non-hydrogen) atoms. The van der Waals surface area contributed by atoms with Gasteiger partial charge in [0.25, 0.3) is 0 Å². The molecule has 2 heterocycles. The molecule has 0 spiro atoms. The number of aliphatic hydroxyl groups excluding tert-OH is 1. The van der Waals surface area contributed by atoms with Gasteiger partial charge in [0, 0.05) is 24.4 Å². The van der Waals surface area contributed by atoms with E-state index in [0.29, 0.717) is 12.5 Å². The number of benzene rings is 1. The number of aliphatic hydroxyl groups is 1. The number of carbonyl (C=O) groups is 1. The van der Waals surface area contributed by atoms with E-state index in [1.165, 1.54) is 0 Å². The van der Waals surface area contributed by atoms with Crippen LogP contribution in [0.4, 0.5) is 0 Å². The van der Waals surface area contributed by atoms with E-state index in [1.807, 2.05) is 30.3 Å². The highest BCUT2D eigenvalue weighted by Gasteiger charge is 2.50. The van der Waals surface area contributed by atoms with Gasteiger partial charge in [-0.1, -0.05) is 30.3 Å². The molecule has 3 atom stereocenters. The number of esters is 1. The minimum Gasteiger partial charge on any atom is -0.462 e. The summed E-state index contributed by atoms with van der Waals surface area (Å²) in [6, 6.07) is 10.1. The molecule has 114 valence electrons. The average Bonchev–Trinajstić information content (AvgIpc) is 2.68. The number of fused-ring (bicyclic) bond motifs is 2. The maximum Gasteiger partial charge on any atom is 0.310 e. The Morgan fingerprint density at radius 3 is 2.90 bits per heavy atom. The van der Waals surface area contributed by atoms with Crippen molar-refractivity contribution in [1.29, 1.82) is 0 Å². The Morgan fingerprint density at radius 2 is 2.19 bits per heavy atom. The van der Waals surface area contributed by atoms with Crippen molar-refractivity contribution in [3.05, 3.63) is 35.9 Å². The molecule has 0 amide bonds. The zero-order valence-electron chi connectivity index (χ0n) is 12.5. The fourth-order valence-corrected chi connectivity index (χ4v) is 3.86. The number of carbonyl (C=O) groups excluding carboxylic acids is 1. The Morgan fingerprint density at radius 1 is 1.43 bits per heavy atom. The van der Waals surface area contributed by atoms with Crippen LogP contribution in [0.2, 0.25) is 0 Å². The standard InChI is InChI=1S/C17H23NO3/c1-18-14-7-8-17(18,12-19)11-15(10-14)21-16(20)9-13-5-3-2-4-6-13/h2-6,14-15,19H,7-12H2,1H3. The minimum absolute atomic E-state index is 0.0583. The second-order valence-corrected chi connectivity index (χ2v) is 6.40. The molecule has 4 nitrogen and oxygen atoms in total. The van der Waals surface area contributed by atoms with Gasteiger partial charge in [-0.2, -0.15) is 0 Å². The van der Waals surface area contributed by atoms with E-state index >= 15 is 0 Å². The molecular formula is C17H23NO3. The number of ether oxygens (including phenoxy) is 1. The van der Waals surface area contributed by atoms with Gasteiger partial charge in [-0.15, -0.1) is 0 Å². The molecule has 2 bridgehead atoms. The summed E-state index contributed by atoms with van der Waals surface area (Å²) in [5.74, 6) is -0.164. The summed E-state index contributed by atoms with van der Waals surface area (Å²) in [7, 11) is 2.08. The van der Waals surface area contributed by atoms with Crippen LogP contribution in [0.1, 0.15) is 31.2 Å². The average molecular weight is 289 g/mol. The Balaban J connectivity index is 1.60. The van der Waals surface area contributed by atoms with Crippen molar-refractivity contribution < 1.29 is 14.6 Å². The third-order valence-electron chi connectivity index (χ3n) is 5.17. The third-order valence-corrected chi connectivity index (χ3v) is 5.17. The molecule has 1 aromatic carbocycles. The summed E-state index contributed by atoms with van der Waals surface area (Å²) in [5.41, 5.74) is 0.802. The number of rotatable bonds is 4. The maximum absolute atomic E-state index is 12.1. The van der Waals surface area contributed by atoms with Gasteiger partial charge >= 0.3 is 5.97 Å². The van der Waals surface area contributed by atoms with Crippen molar-refractivity contribution in [1.82, 2.24) is 4.90 Å². The van der Waals surface area contributed by atoms with Crippen LogP contribution < -0.4 is 0 Å². The molecule has 3 unspecified atom stereocenters. The molecule has 2 aliphatic rings. The normalized spacial score (nSPS) is 32.1. The van der Waals surface area contributed by atoms with Crippen LogP contribution in [0, 0.1) is 0 Å². The van der Waals surface area contributed by atoms with Crippen LogP contribution in [-0.4, -0.2) is 47.3 Å². The monoisotopic (exact) mass is 289 g/mol. The largest absolute Gasteiger partial charge is 0.462 e. The molecule has 1 aromatic rings. The van der Waals surface area contributed by atoms with Gasteiger partial charge < -0.3 is 9.84 Å². The molecule has 0 radical (unpaired) electrons. The Kier molecular flexibility index (Phi) is 4.00. The maximum atomic E-state index is 12.1. The van der Waals surface area contributed by atoms with Gasteiger partial charge in [-0.05, 0) is 25.5 Å². The first-order valence-corrected chi connectivity index (χ1v) is 7.70. The minimum atomic E-state index is -0.180. The number of nitrogens with zero attached hydrogens (tertiary/aromatic N) is 1. The van der Waals surface area contributed by atoms with Gasteiger partial charge in [0.1, 0.15) is 6.10 Å². The van der Waals surface area contributed by atoms with Gasteiger partial charge in [0.05, 0.1) is 13.0 Å². The Bertz CT molecular complexity index is 504. The third kappa shape index (κ3) is 2.83. The topological polar surface area (TPSA) is 49.8 Å². The zero-order chi connectivity index (χ0) is 14.9. The highest BCUT2D eigenvalue weighted by atomic mass is 16.5. The molecule has 0 saturated carbocycles. The van der Waals surface area contributed by atoms with E-state index in [-0.39, 0.29) is 24.2 Å². The van der Waals surface area contributed by atoms with Crippen molar-refractivity contribution in [3.63, 3.8) is 0 Å². The van der Waals surface area contributed by atoms with E-state index in [4.69, 9.17) is 4.74 Å². The molecule has 1 N–H and O–H groups in total. The number of likely N-dealkylation sites (N-methyl/N-ethyl adjacent to an activating group) is 1. The highest BCUT2D eigenvalue weighted by Crippen LogP contribution is 2.43. The van der Waals surface area contributed by atoms with E-state index in [9.17, 15) is 9.90 Å². The number of hydrogen-bond donors (Lipinski definition) is 1. The van der Waals surface area contributed by atoms with E-state index in [2.05, 4.69) is 11.9 Å². The smallest absolute Gasteiger partial charge is 0.310 e. The summed E-state index contributed by atoms with van der Waals surface area (Å²) >= 11 is 0. The zero-order valence-corrected chi connectivity index (χ0v) is 12.5. The summed E-state index contributed by atoms with van der Waals surface area (Å²) in [6.45, 7) is 0.146. The second-order valence-electron chi connectivity index (χ2n) is 6.40. The second kappa shape index (κ2) is 5.78. The molecule has 2 fully saturated rings. The fraction of sp³-hybridized carbons (Fsp3) is 0.588. The summed E-state index contributed by atoms with van der Waals surface area (Å²) < 4.78 is 5.67. The summed E-state index contributed by atoms with van der Waals surface area (Å²) in [6.07, 6.45) is 3.98. The number of piperidine rings is 1. The lowest BCUT2D eigenvalue weighted by atomic mass is 9.88. The molecule has 0 aromatic heterocycles. The molecule has 0 aliphatic carbocycles. The van der Waals surface area contributed by atoms with Crippen LogP contribution in [0.3, 0.4) is 0 Å². The van der Waals surface area contributed by atoms with Gasteiger partial charge in [0.15, 0.2) is 0 Å². The lowest BCUT2D eigenvalue weighted by Gasteiger charge is -2.44. The Hall–Kier alpha value is -1.39. The lowest BCUT2D eigenvalue weighted by Crippen LogP contribution is -2.54. The van der Waals surface area contributed by atoms with Gasteiger partial charge in [-0.25, -0.2) is 0 Å². The summed E-state index contributed by atoms with van der Waals surface area (Å²) in [5, 5.41) is 9.74. The van der Waals surface area contributed by atoms with E-state index < -0.39 is 0 Å². The van der Waals surface area contributed by atoms with Crippen LogP contribution in [0.25, 0.3) is 0 Å². The van der Waals surface area contributed by atoms with Crippen molar-refractivity contribution in [3.8, 4) is 0 Å². The first-order chi connectivity index (χ1) is 10.1. The van der Waals surface area contributed by atoms with E-state index in [0.717, 1.165) is 31.2 Å². The first kappa shape index (κ1) is 14.5. The van der Waals surface area contributed by atoms with Crippen LogP contribution >= 0.6 is 0 Å². The van der Waals surface area contributed by atoms with Crippen molar-refractivity contribution in [2.45, 2.75) is 49.8 Å². The predicted octanol–water partition coefficient (Wildman–Crippen LogP) is 1.76. The molecule has 3 rings (SSSR count). The fourth-order valence-electron chi connectivity index (χ4n) is 3.86. The van der Waals surface area contributed by atoms with Crippen LogP contribution in [0.15, 0.2) is 30.3 Å². The van der Waals surface area contributed by atoms with Crippen molar-refractivity contribution in [2.24, 2.45) is 0 Å². The molecule has 4 heteroatoms. The van der Waals surface area contributed by atoms with Crippen LogP contribution in [-0.2, 0) is 16.0 Å². The predicted molar refractivity (Wildman–Crippen MR) is 79.9 cm³/mol. The Labute approximate surface area is 125 Å². The van der Waals surface area contributed by atoms with Gasteiger partial charge in [-0.3, -0.25) is 9.69 Å². The van der Waals surface area contributed by atoms with E-state index in [1.54, 1.807) is 0 Å². The first-order valence-electron chi connectivity index (χ1n) is 7.70. The lowest BCUT2D eigenvalue weighted by molar-refractivity contribution is -0.154. The molecular weight excluding hydrogens is 266 g/mol. The SMILES string of the molecule is CN1C2CCC1(CO)CC(OC(=O)Cc1ccccc1)C2.